The fourth-order valence-corrected chi connectivity index (χ4v) is 3.46. The average molecular weight is 404 g/mol. The normalized spacial score (nSPS) is 14.9. The quantitative estimate of drug-likeness (QED) is 0.800. The molecular weight excluding hydrogens is 378 g/mol. The van der Waals surface area contributed by atoms with Crippen LogP contribution in [0.15, 0.2) is 30.3 Å². The van der Waals surface area contributed by atoms with Crippen LogP contribution in [0, 0.1) is 6.92 Å². The number of piperazine rings is 1. The van der Waals surface area contributed by atoms with E-state index in [1.54, 1.807) is 15.6 Å². The Morgan fingerprint density at radius 3 is 2.46 bits per heavy atom. The Kier molecular flexibility index (Phi) is 6.70. The van der Waals surface area contributed by atoms with Gasteiger partial charge >= 0.3 is 0 Å². The van der Waals surface area contributed by atoms with Gasteiger partial charge in [-0.2, -0.15) is 5.10 Å². The van der Waals surface area contributed by atoms with E-state index in [1.807, 2.05) is 38.1 Å². The van der Waals surface area contributed by atoms with Crippen molar-refractivity contribution >= 4 is 23.4 Å². The molecule has 2 heterocycles. The van der Waals surface area contributed by atoms with Crippen LogP contribution in [0.1, 0.15) is 28.7 Å². The summed E-state index contributed by atoms with van der Waals surface area (Å²) in [5.74, 6) is -0.323. The van der Waals surface area contributed by atoms with Crippen molar-refractivity contribution in [1.82, 2.24) is 24.9 Å². The number of hydrogen-bond acceptors (Lipinski definition) is 4. The van der Waals surface area contributed by atoms with Gasteiger partial charge in [-0.15, -0.1) is 0 Å². The molecule has 0 bridgehead atoms. The third-order valence-corrected chi connectivity index (χ3v) is 5.13. The minimum absolute atomic E-state index is 0.00393. The second kappa shape index (κ2) is 9.21. The van der Waals surface area contributed by atoms with E-state index in [9.17, 15) is 9.59 Å². The molecule has 1 aromatic heterocycles. The molecular formula is C20H26ClN5O2. The van der Waals surface area contributed by atoms with Gasteiger partial charge < -0.3 is 10.2 Å². The first-order valence-corrected chi connectivity index (χ1v) is 9.91. The molecule has 150 valence electrons. The van der Waals surface area contributed by atoms with Gasteiger partial charge in [0.1, 0.15) is 5.69 Å². The summed E-state index contributed by atoms with van der Waals surface area (Å²) in [6.45, 7) is 8.17. The zero-order valence-corrected chi connectivity index (χ0v) is 17.1. The molecule has 1 aliphatic rings. The van der Waals surface area contributed by atoms with Crippen molar-refractivity contribution in [3.05, 3.63) is 52.3 Å². The Bertz CT molecular complexity index is 826. The predicted molar refractivity (Wildman–Crippen MR) is 108 cm³/mol. The average Bonchev–Trinajstić information content (AvgIpc) is 3.09. The third-order valence-electron chi connectivity index (χ3n) is 4.88. The minimum atomic E-state index is -0.267. The summed E-state index contributed by atoms with van der Waals surface area (Å²) in [5.41, 5.74) is 2.48. The summed E-state index contributed by atoms with van der Waals surface area (Å²) in [6, 6.07) is 9.58. The molecule has 0 aliphatic carbocycles. The lowest BCUT2D eigenvalue weighted by Gasteiger charge is -2.34. The number of benzene rings is 1. The topological polar surface area (TPSA) is 70.5 Å². The lowest BCUT2D eigenvalue weighted by Crippen LogP contribution is -2.50. The zero-order valence-electron chi connectivity index (χ0n) is 16.3. The van der Waals surface area contributed by atoms with Crippen LogP contribution in [0.5, 0.6) is 0 Å². The molecule has 7 nitrogen and oxygen atoms in total. The van der Waals surface area contributed by atoms with Crippen LogP contribution >= 0.6 is 11.6 Å². The molecule has 0 radical (unpaired) electrons. The van der Waals surface area contributed by atoms with Crippen molar-refractivity contribution in [2.75, 3.05) is 32.7 Å². The number of nitrogens with one attached hydrogen (secondary N) is 1. The van der Waals surface area contributed by atoms with Crippen molar-refractivity contribution < 1.29 is 9.59 Å². The number of hydrogen-bond donors (Lipinski definition) is 1. The molecule has 0 spiro atoms. The molecule has 0 atom stereocenters. The van der Waals surface area contributed by atoms with Crippen LogP contribution in [0.3, 0.4) is 0 Å². The van der Waals surface area contributed by atoms with Gasteiger partial charge in [-0.1, -0.05) is 23.7 Å². The van der Waals surface area contributed by atoms with E-state index >= 15 is 0 Å². The smallest absolute Gasteiger partial charge is 0.269 e. The first-order valence-electron chi connectivity index (χ1n) is 9.53. The molecule has 1 aromatic carbocycles. The molecule has 1 N–H and O–H groups in total. The lowest BCUT2D eigenvalue weighted by atomic mass is 10.2. The largest absolute Gasteiger partial charge is 0.342 e. The second-order valence-electron chi connectivity index (χ2n) is 6.95. The van der Waals surface area contributed by atoms with Gasteiger partial charge in [-0.3, -0.25) is 19.2 Å². The number of aryl methyl sites for hydroxylation is 2. The van der Waals surface area contributed by atoms with Gasteiger partial charge in [0, 0.05) is 44.3 Å². The Hall–Kier alpha value is -2.38. The number of carbonyl (C=O) groups is 2. The monoisotopic (exact) mass is 403 g/mol. The molecule has 2 amide bonds. The number of rotatable bonds is 6. The summed E-state index contributed by atoms with van der Waals surface area (Å²) in [4.78, 5) is 28.9. The van der Waals surface area contributed by atoms with Crippen LogP contribution in [0.2, 0.25) is 5.02 Å². The maximum absolute atomic E-state index is 12.5. The van der Waals surface area contributed by atoms with Crippen molar-refractivity contribution in [3.8, 4) is 0 Å². The molecule has 1 fully saturated rings. The number of nitrogens with zero attached hydrogens (tertiary/aromatic N) is 4. The lowest BCUT2D eigenvalue weighted by molar-refractivity contribution is -0.131. The van der Waals surface area contributed by atoms with E-state index in [-0.39, 0.29) is 18.4 Å². The van der Waals surface area contributed by atoms with Gasteiger partial charge in [0.05, 0.1) is 12.2 Å². The van der Waals surface area contributed by atoms with Gasteiger partial charge in [0.2, 0.25) is 5.91 Å². The van der Waals surface area contributed by atoms with Crippen LogP contribution in [0.4, 0.5) is 0 Å². The van der Waals surface area contributed by atoms with Gasteiger partial charge in [-0.05, 0) is 37.6 Å². The standard InChI is InChI=1S/C20H26ClN5O2/c1-3-26-18(12-15(2)23-26)20(28)22-13-19(27)25-10-8-24(9-11-25)14-16-4-6-17(21)7-5-16/h4-7,12H,3,8-11,13-14H2,1-2H3,(H,22,28). The van der Waals surface area contributed by atoms with Crippen LogP contribution in [-0.2, 0) is 17.9 Å². The van der Waals surface area contributed by atoms with Crippen molar-refractivity contribution in [2.24, 2.45) is 0 Å². The van der Waals surface area contributed by atoms with E-state index in [0.29, 0.717) is 25.3 Å². The van der Waals surface area contributed by atoms with Crippen LogP contribution in [-0.4, -0.2) is 64.1 Å². The van der Waals surface area contributed by atoms with E-state index in [4.69, 9.17) is 11.6 Å². The first kappa shape index (κ1) is 20.4. The summed E-state index contributed by atoms with van der Waals surface area (Å²) in [6.07, 6.45) is 0. The summed E-state index contributed by atoms with van der Waals surface area (Å²) >= 11 is 5.92. The first-order chi connectivity index (χ1) is 13.5. The summed E-state index contributed by atoms with van der Waals surface area (Å²) in [5, 5.41) is 7.72. The molecule has 1 saturated heterocycles. The van der Waals surface area contributed by atoms with Gasteiger partial charge in [0.25, 0.3) is 5.91 Å². The fourth-order valence-electron chi connectivity index (χ4n) is 3.33. The van der Waals surface area contributed by atoms with E-state index < -0.39 is 0 Å². The van der Waals surface area contributed by atoms with E-state index in [1.165, 1.54) is 5.56 Å². The van der Waals surface area contributed by atoms with Gasteiger partial charge in [0.15, 0.2) is 0 Å². The highest BCUT2D eigenvalue weighted by atomic mass is 35.5. The summed E-state index contributed by atoms with van der Waals surface area (Å²) < 4.78 is 1.64. The molecule has 1 aliphatic heterocycles. The number of carbonyl (C=O) groups excluding carboxylic acids is 2. The van der Waals surface area contributed by atoms with Crippen molar-refractivity contribution in [1.29, 1.82) is 0 Å². The van der Waals surface area contributed by atoms with Crippen molar-refractivity contribution in [2.45, 2.75) is 26.9 Å². The van der Waals surface area contributed by atoms with Gasteiger partial charge in [-0.25, -0.2) is 0 Å². The predicted octanol–water partition coefficient (Wildman–Crippen LogP) is 1.94. The molecule has 8 heteroatoms. The molecule has 2 aromatic rings. The molecule has 28 heavy (non-hydrogen) atoms. The minimum Gasteiger partial charge on any atom is -0.342 e. The second-order valence-corrected chi connectivity index (χ2v) is 7.39. The molecule has 0 unspecified atom stereocenters. The van der Waals surface area contributed by atoms with E-state index in [0.717, 1.165) is 30.4 Å². The molecule has 0 saturated carbocycles. The van der Waals surface area contributed by atoms with Crippen LogP contribution < -0.4 is 5.32 Å². The SMILES string of the molecule is CCn1nc(C)cc1C(=O)NCC(=O)N1CCN(Cc2ccc(Cl)cc2)CC1. The fraction of sp³-hybridized carbons (Fsp3) is 0.450. The maximum Gasteiger partial charge on any atom is 0.269 e. The Labute approximate surface area is 170 Å². The molecule has 3 rings (SSSR count). The summed E-state index contributed by atoms with van der Waals surface area (Å²) in [7, 11) is 0. The number of aromatic nitrogens is 2. The van der Waals surface area contributed by atoms with Crippen LogP contribution in [0.25, 0.3) is 0 Å². The Morgan fingerprint density at radius 1 is 1.14 bits per heavy atom. The number of halogens is 1. The van der Waals surface area contributed by atoms with E-state index in [2.05, 4.69) is 15.3 Å². The Balaban J connectivity index is 1.44. The Morgan fingerprint density at radius 2 is 1.82 bits per heavy atom. The highest BCUT2D eigenvalue weighted by Crippen LogP contribution is 2.13. The zero-order chi connectivity index (χ0) is 20.1. The maximum atomic E-state index is 12.5. The highest BCUT2D eigenvalue weighted by molar-refractivity contribution is 6.30. The van der Waals surface area contributed by atoms with Crippen molar-refractivity contribution in [3.63, 3.8) is 0 Å². The third kappa shape index (κ3) is 5.11. The highest BCUT2D eigenvalue weighted by Gasteiger charge is 2.22. The number of amides is 2.